The maximum absolute atomic E-state index is 13.2. The molecule has 4 unspecified atom stereocenters. The van der Waals surface area contributed by atoms with E-state index in [1.807, 2.05) is 0 Å². The molecule has 0 aliphatic carbocycles. The summed E-state index contributed by atoms with van der Waals surface area (Å²) >= 11 is 0. The third-order valence-electron chi connectivity index (χ3n) is 7.62. The Hall–Kier alpha value is -3.81. The Morgan fingerprint density at radius 3 is 2.57 bits per heavy atom. The summed E-state index contributed by atoms with van der Waals surface area (Å²) in [6.07, 6.45) is -5.08. The number of nitrogens with one attached hydrogen (secondary N) is 1. The number of anilines is 2. The summed E-state index contributed by atoms with van der Waals surface area (Å²) in [4.78, 5) is 52.1. The Morgan fingerprint density at radius 2 is 1.81 bits per heavy atom. The molecular weight excluding hydrogens is 672 g/mol. The summed E-state index contributed by atoms with van der Waals surface area (Å²) in [5, 5.41) is 22.5. The van der Waals surface area contributed by atoms with Crippen molar-refractivity contribution in [3.8, 4) is 12.3 Å². The first-order chi connectivity index (χ1) is 22.3. The number of aliphatic hydroxyl groups excluding tert-OH is 2. The van der Waals surface area contributed by atoms with Gasteiger partial charge in [0, 0.05) is 6.20 Å². The number of aliphatic hydroxyl groups is 2. The van der Waals surface area contributed by atoms with E-state index in [1.54, 1.807) is 0 Å². The Kier molecular flexibility index (Phi) is 7.72. The fraction of sp³-hybridized carbons (Fsp3) is 0.435. The fourth-order valence-electron chi connectivity index (χ4n) is 5.59. The van der Waals surface area contributed by atoms with Crippen LogP contribution in [0.3, 0.4) is 0 Å². The monoisotopic (exact) mass is 697 g/mol. The van der Waals surface area contributed by atoms with Crippen LogP contribution in [0.25, 0.3) is 22.2 Å². The molecule has 0 spiro atoms. The van der Waals surface area contributed by atoms with E-state index in [9.17, 15) is 33.9 Å². The minimum atomic E-state index is -5.16. The molecule has 3 saturated heterocycles. The van der Waals surface area contributed by atoms with E-state index in [0.29, 0.717) is 0 Å². The largest absolute Gasteiger partial charge is 0.472 e. The average Bonchev–Trinajstić information content (AvgIpc) is 3.75. The van der Waals surface area contributed by atoms with Crippen molar-refractivity contribution in [1.29, 1.82) is 0 Å². The molecule has 4 aromatic heterocycles. The number of H-pyrrole nitrogens is 1. The van der Waals surface area contributed by atoms with Crippen molar-refractivity contribution in [3.63, 3.8) is 0 Å². The molecular formula is C23H25N9O13P2. The number of terminal acetylenes is 1. The number of fused-ring (bicyclic) bond motifs is 5. The van der Waals surface area contributed by atoms with Crippen molar-refractivity contribution >= 4 is 49.4 Å². The highest BCUT2D eigenvalue weighted by atomic mass is 31.2. The lowest BCUT2D eigenvalue weighted by Crippen LogP contribution is -2.36. The normalized spacial score (nSPS) is 36.4. The van der Waals surface area contributed by atoms with E-state index in [-0.39, 0.29) is 39.5 Å². The number of imidazole rings is 1. The van der Waals surface area contributed by atoms with Gasteiger partial charge in [-0.05, 0) is 0 Å². The Labute approximate surface area is 261 Å². The number of hydrogen-bond acceptors (Lipinski definition) is 17. The van der Waals surface area contributed by atoms with Crippen LogP contribution in [0.2, 0.25) is 0 Å². The lowest BCUT2D eigenvalue weighted by molar-refractivity contribution is -0.168. The van der Waals surface area contributed by atoms with Gasteiger partial charge in [0.1, 0.15) is 48.3 Å². The topological polar surface area (TPSA) is 317 Å². The first-order valence-corrected chi connectivity index (χ1v) is 16.8. The molecule has 0 saturated carbocycles. The summed E-state index contributed by atoms with van der Waals surface area (Å²) in [7, 11) is -9.97. The van der Waals surface area contributed by atoms with E-state index in [4.69, 9.17) is 45.7 Å². The number of rotatable bonds is 2. The first kappa shape index (κ1) is 31.8. The van der Waals surface area contributed by atoms with Crippen molar-refractivity contribution in [2.75, 3.05) is 24.4 Å². The Morgan fingerprint density at radius 1 is 1.02 bits per heavy atom. The molecule has 9 N–H and O–H groups in total. The highest BCUT2D eigenvalue weighted by molar-refractivity contribution is 7.52. The SMILES string of the molecule is C#Cc1cn([C@@H]2O[C@@H]3COP(=O)(O)O[C@H]4C(O)[C@@H](OCP(=O)(O)OC3[C@@H]2O)O[C@H]4n2cnc3c(=O)[nH]c(N)nc32)c2ncnc(N)c12. The van der Waals surface area contributed by atoms with Crippen molar-refractivity contribution in [1.82, 2.24) is 34.1 Å². The summed E-state index contributed by atoms with van der Waals surface area (Å²) in [6, 6.07) is 0. The van der Waals surface area contributed by atoms with Gasteiger partial charge in [0.05, 0.1) is 23.9 Å². The van der Waals surface area contributed by atoms with Gasteiger partial charge in [-0.25, -0.2) is 19.5 Å². The van der Waals surface area contributed by atoms with Gasteiger partial charge in [0.15, 0.2) is 36.3 Å². The number of phosphoric acid groups is 1. The molecule has 24 heteroatoms. The number of phosphoric ester groups is 1. The molecule has 3 fully saturated rings. The molecule has 3 aliphatic rings. The second kappa shape index (κ2) is 11.4. The van der Waals surface area contributed by atoms with Gasteiger partial charge in [-0.3, -0.25) is 32.5 Å². The first-order valence-electron chi connectivity index (χ1n) is 13.5. The minimum absolute atomic E-state index is 0.0405. The van der Waals surface area contributed by atoms with E-state index in [1.165, 1.54) is 10.8 Å². The van der Waals surface area contributed by atoms with Crippen LogP contribution in [-0.2, 0) is 36.9 Å². The van der Waals surface area contributed by atoms with Gasteiger partial charge in [-0.15, -0.1) is 6.42 Å². The molecule has 47 heavy (non-hydrogen) atoms. The Bertz CT molecular complexity index is 2080. The van der Waals surface area contributed by atoms with Gasteiger partial charge in [0.25, 0.3) is 5.56 Å². The second-order valence-corrected chi connectivity index (χ2v) is 13.8. The van der Waals surface area contributed by atoms with Gasteiger partial charge in [-0.2, -0.15) is 4.98 Å². The quantitative estimate of drug-likeness (QED) is 0.0901. The van der Waals surface area contributed by atoms with Crippen molar-refractivity contribution < 1.29 is 56.9 Å². The van der Waals surface area contributed by atoms with Crippen LogP contribution >= 0.6 is 15.4 Å². The van der Waals surface area contributed by atoms with Crippen molar-refractivity contribution in [2.45, 2.75) is 49.3 Å². The number of aromatic amines is 1. The van der Waals surface area contributed by atoms with E-state index < -0.39 is 83.2 Å². The molecule has 250 valence electrons. The Balaban J connectivity index is 1.22. The molecule has 7 heterocycles. The van der Waals surface area contributed by atoms with Gasteiger partial charge in [0.2, 0.25) is 5.95 Å². The maximum Gasteiger partial charge on any atom is 0.472 e. The molecule has 0 radical (unpaired) electrons. The average molecular weight is 697 g/mol. The molecule has 3 aliphatic heterocycles. The number of ether oxygens (including phenoxy) is 3. The predicted molar refractivity (Wildman–Crippen MR) is 154 cm³/mol. The van der Waals surface area contributed by atoms with Gasteiger partial charge < -0.3 is 50.2 Å². The van der Waals surface area contributed by atoms with E-state index >= 15 is 0 Å². The number of nitrogens with two attached hydrogens (primary N) is 2. The lowest BCUT2D eigenvalue weighted by atomic mass is 10.1. The van der Waals surface area contributed by atoms with Crippen LogP contribution < -0.4 is 17.0 Å². The highest BCUT2D eigenvalue weighted by Gasteiger charge is 2.54. The van der Waals surface area contributed by atoms with Gasteiger partial charge in [-0.1, -0.05) is 5.92 Å². The number of nitrogen functional groups attached to an aromatic ring is 2. The number of hydrogen-bond donors (Lipinski definition) is 7. The standard InChI is InChI=1S/C23H25N9O13P2/c1-2-8-3-31(17-10(8)16(24)26-5-27-17)20-12(33)14-9(42-20)4-41-47(38,39)45-15-13(34)22(40-7-46(36,37)44-14)43-21(15)32-6-28-11-18(32)29-23(25)30-19(11)35/h1,3,5-6,9,12-15,20-22,33-34H,4,7H2,(H,36,37)(H,38,39)(H2,24,26,27)(H3,25,29,30,35)/t9-,12+,13?,14?,15+,20-,21-,22+/m1/s1. The van der Waals surface area contributed by atoms with Crippen LogP contribution in [0.5, 0.6) is 0 Å². The van der Waals surface area contributed by atoms with E-state index in [0.717, 1.165) is 17.2 Å². The molecule has 10 atom stereocenters. The second-order valence-electron chi connectivity index (χ2n) is 10.6. The lowest BCUT2D eigenvalue weighted by Gasteiger charge is -2.25. The van der Waals surface area contributed by atoms with Crippen LogP contribution in [-0.4, -0.2) is 104 Å². The third kappa shape index (κ3) is 5.51. The van der Waals surface area contributed by atoms with E-state index in [2.05, 4.69) is 30.8 Å². The molecule has 4 aromatic rings. The summed E-state index contributed by atoms with van der Waals surface area (Å²) in [5.41, 5.74) is 11.0. The number of nitrogens with zero attached hydrogens (tertiary/aromatic N) is 6. The molecule has 0 aromatic carbocycles. The fourth-order valence-corrected chi connectivity index (χ4v) is 7.56. The molecule has 7 rings (SSSR count). The van der Waals surface area contributed by atoms with Crippen molar-refractivity contribution in [2.24, 2.45) is 0 Å². The zero-order valence-electron chi connectivity index (χ0n) is 23.5. The molecule has 22 nitrogen and oxygen atoms in total. The minimum Gasteiger partial charge on any atom is -0.386 e. The summed E-state index contributed by atoms with van der Waals surface area (Å²) in [5.74, 6) is 2.18. The molecule has 0 amide bonds. The van der Waals surface area contributed by atoms with Gasteiger partial charge >= 0.3 is 15.4 Å². The zero-order chi connectivity index (χ0) is 33.4. The highest BCUT2D eigenvalue weighted by Crippen LogP contribution is 2.53. The molecule has 2 bridgehead atoms. The zero-order valence-corrected chi connectivity index (χ0v) is 25.3. The maximum atomic E-state index is 13.2. The summed E-state index contributed by atoms with van der Waals surface area (Å²) in [6.45, 7) is -0.843. The number of aromatic nitrogens is 7. The van der Waals surface area contributed by atoms with Crippen LogP contribution in [0, 0.1) is 12.3 Å². The third-order valence-corrected chi connectivity index (χ3v) is 9.65. The van der Waals surface area contributed by atoms with Crippen LogP contribution in [0.15, 0.2) is 23.6 Å². The van der Waals surface area contributed by atoms with Crippen LogP contribution in [0.4, 0.5) is 11.8 Å². The van der Waals surface area contributed by atoms with Crippen LogP contribution in [0.1, 0.15) is 18.0 Å². The predicted octanol–water partition coefficient (Wildman–Crippen LogP) is -1.76. The van der Waals surface area contributed by atoms with Crippen molar-refractivity contribution in [3.05, 3.63) is 34.8 Å². The smallest absolute Gasteiger partial charge is 0.386 e. The summed E-state index contributed by atoms with van der Waals surface area (Å²) < 4.78 is 61.8.